The van der Waals surface area contributed by atoms with Gasteiger partial charge in [0, 0.05) is 37.9 Å². The first-order valence-electron chi connectivity index (χ1n) is 9.47. The molecular formula is C18H28N4O5. The highest BCUT2D eigenvalue weighted by atomic mass is 16.6. The maximum atomic E-state index is 12.2. The van der Waals surface area contributed by atoms with Gasteiger partial charge in [-0.25, -0.2) is 9.59 Å². The van der Waals surface area contributed by atoms with Crippen molar-refractivity contribution in [2.45, 2.75) is 57.6 Å². The zero-order valence-electron chi connectivity index (χ0n) is 16.1. The minimum atomic E-state index is -0.881. The number of carbonyl (C=O) groups is 4. The van der Waals surface area contributed by atoms with Crippen molar-refractivity contribution in [3.8, 4) is 0 Å². The molecule has 27 heavy (non-hydrogen) atoms. The molecule has 3 rings (SSSR count). The number of hydrogen-bond donors (Lipinski definition) is 3. The number of nitrogens with zero attached hydrogens (tertiary/aromatic N) is 1. The Balaban J connectivity index is 1.40. The number of nitrogens with one attached hydrogen (secondary N) is 3. The Bertz CT molecular complexity index is 653. The van der Waals surface area contributed by atoms with E-state index in [1.807, 2.05) is 20.8 Å². The van der Waals surface area contributed by atoms with E-state index in [1.54, 1.807) is 4.90 Å². The van der Waals surface area contributed by atoms with Crippen LogP contribution in [0, 0.1) is 11.8 Å². The Morgan fingerprint density at radius 3 is 2.59 bits per heavy atom. The van der Waals surface area contributed by atoms with Crippen LogP contribution in [0.15, 0.2) is 0 Å². The van der Waals surface area contributed by atoms with Gasteiger partial charge in [-0.1, -0.05) is 6.42 Å². The smallest absolute Gasteiger partial charge is 0.410 e. The molecule has 2 unspecified atom stereocenters. The molecule has 3 fully saturated rings. The summed E-state index contributed by atoms with van der Waals surface area (Å²) in [4.78, 5) is 49.3. The molecule has 1 aliphatic carbocycles. The summed E-state index contributed by atoms with van der Waals surface area (Å²) in [6.07, 6.45) is 2.19. The summed E-state index contributed by atoms with van der Waals surface area (Å²) in [6, 6.07) is -0.463. The summed E-state index contributed by atoms with van der Waals surface area (Å²) in [5.41, 5.74) is -1.41. The fourth-order valence-electron chi connectivity index (χ4n) is 4.07. The number of likely N-dealkylation sites (tertiary alicyclic amines) is 1. The molecule has 0 aromatic heterocycles. The van der Waals surface area contributed by atoms with E-state index in [4.69, 9.17) is 4.74 Å². The van der Waals surface area contributed by atoms with Crippen molar-refractivity contribution in [3.63, 3.8) is 0 Å². The minimum absolute atomic E-state index is 0.101. The van der Waals surface area contributed by atoms with Crippen molar-refractivity contribution >= 4 is 23.9 Å². The molecule has 0 aromatic carbocycles. The molecule has 9 nitrogen and oxygen atoms in total. The third-order valence-electron chi connectivity index (χ3n) is 5.42. The number of rotatable bonds is 4. The van der Waals surface area contributed by atoms with E-state index >= 15 is 0 Å². The molecule has 0 bridgehead atoms. The second-order valence-corrected chi connectivity index (χ2v) is 8.73. The topological polar surface area (TPSA) is 117 Å². The Morgan fingerprint density at radius 1 is 1.30 bits per heavy atom. The lowest BCUT2D eigenvalue weighted by Gasteiger charge is -2.39. The third-order valence-corrected chi connectivity index (χ3v) is 5.42. The minimum Gasteiger partial charge on any atom is -0.444 e. The monoisotopic (exact) mass is 380 g/mol. The first-order valence-corrected chi connectivity index (χ1v) is 9.47. The van der Waals surface area contributed by atoms with Crippen LogP contribution in [0.5, 0.6) is 0 Å². The van der Waals surface area contributed by atoms with E-state index in [0.29, 0.717) is 32.5 Å². The number of amides is 5. The highest BCUT2D eigenvalue weighted by Gasteiger charge is 2.54. The number of urea groups is 1. The van der Waals surface area contributed by atoms with Gasteiger partial charge >= 0.3 is 12.1 Å². The molecule has 2 heterocycles. The van der Waals surface area contributed by atoms with Crippen LogP contribution >= 0.6 is 0 Å². The molecule has 1 saturated carbocycles. The number of carbonyl (C=O) groups excluding carboxylic acids is 4. The van der Waals surface area contributed by atoms with Crippen molar-refractivity contribution in [1.82, 2.24) is 20.9 Å². The number of hydrogen-bond acceptors (Lipinski definition) is 5. The summed E-state index contributed by atoms with van der Waals surface area (Å²) in [5.74, 6) is -0.385. The largest absolute Gasteiger partial charge is 0.444 e. The first kappa shape index (κ1) is 19.4. The van der Waals surface area contributed by atoms with Crippen LogP contribution in [0.2, 0.25) is 0 Å². The zero-order valence-corrected chi connectivity index (χ0v) is 16.1. The van der Waals surface area contributed by atoms with Gasteiger partial charge in [-0.3, -0.25) is 14.9 Å². The van der Waals surface area contributed by atoms with Crippen LogP contribution in [0.3, 0.4) is 0 Å². The third kappa shape index (κ3) is 4.17. The molecule has 0 radical (unpaired) electrons. The fourth-order valence-corrected chi connectivity index (χ4v) is 4.07. The summed E-state index contributed by atoms with van der Waals surface area (Å²) in [6.45, 7) is 6.83. The van der Waals surface area contributed by atoms with Crippen molar-refractivity contribution in [2.24, 2.45) is 11.8 Å². The van der Waals surface area contributed by atoms with Gasteiger partial charge in [-0.15, -0.1) is 0 Å². The number of ether oxygens (including phenoxy) is 1. The van der Waals surface area contributed by atoms with E-state index in [-0.39, 0.29) is 29.7 Å². The van der Waals surface area contributed by atoms with Crippen LogP contribution in [0.25, 0.3) is 0 Å². The molecule has 5 amide bonds. The van der Waals surface area contributed by atoms with Gasteiger partial charge in [0.05, 0.1) is 0 Å². The molecular weight excluding hydrogens is 352 g/mol. The highest BCUT2D eigenvalue weighted by Crippen LogP contribution is 2.37. The predicted molar refractivity (Wildman–Crippen MR) is 95.7 cm³/mol. The van der Waals surface area contributed by atoms with E-state index in [2.05, 4.69) is 16.0 Å². The van der Waals surface area contributed by atoms with E-state index in [1.165, 1.54) is 0 Å². The maximum absolute atomic E-state index is 12.2. The Kier molecular flexibility index (Phi) is 5.05. The fraction of sp³-hybridized carbons (Fsp3) is 0.778. The van der Waals surface area contributed by atoms with Crippen molar-refractivity contribution in [3.05, 3.63) is 0 Å². The molecule has 0 aromatic rings. The van der Waals surface area contributed by atoms with Crippen molar-refractivity contribution in [1.29, 1.82) is 0 Å². The van der Waals surface area contributed by atoms with Crippen LogP contribution in [-0.2, 0) is 14.3 Å². The van der Waals surface area contributed by atoms with Gasteiger partial charge in [0.2, 0.25) is 5.91 Å². The Labute approximate surface area is 158 Å². The maximum Gasteiger partial charge on any atom is 0.410 e. The second kappa shape index (κ2) is 7.01. The summed E-state index contributed by atoms with van der Waals surface area (Å²) >= 11 is 0. The van der Waals surface area contributed by atoms with Crippen LogP contribution in [0.4, 0.5) is 9.59 Å². The highest BCUT2D eigenvalue weighted by molar-refractivity contribution is 6.07. The molecule has 1 spiro atoms. The molecule has 3 N–H and O–H groups in total. The zero-order chi connectivity index (χ0) is 19.8. The van der Waals surface area contributed by atoms with Gasteiger partial charge in [0.15, 0.2) is 0 Å². The summed E-state index contributed by atoms with van der Waals surface area (Å²) < 4.78 is 5.30. The van der Waals surface area contributed by atoms with Crippen LogP contribution < -0.4 is 16.0 Å². The van der Waals surface area contributed by atoms with Gasteiger partial charge in [0.1, 0.15) is 11.1 Å². The Hall–Kier alpha value is -2.32. The molecule has 2 atom stereocenters. The standard InChI is InChI=1S/C18H28N4O5/c1-17(2,3)27-16(26)22-9-11(10-22)7-13(23)19-8-12-5-4-6-18(12)14(24)20-15(25)21-18/h11-12H,4-10H2,1-3H3,(H,19,23)(H2,20,21,24,25). The van der Waals surface area contributed by atoms with Crippen molar-refractivity contribution < 1.29 is 23.9 Å². The van der Waals surface area contributed by atoms with Crippen molar-refractivity contribution in [2.75, 3.05) is 19.6 Å². The molecule has 3 aliphatic rings. The molecule has 150 valence electrons. The van der Waals surface area contributed by atoms with Gasteiger partial charge in [0.25, 0.3) is 5.91 Å². The predicted octanol–water partition coefficient (Wildman–Crippen LogP) is 0.738. The second-order valence-electron chi connectivity index (χ2n) is 8.73. The quantitative estimate of drug-likeness (QED) is 0.622. The lowest BCUT2D eigenvalue weighted by molar-refractivity contribution is -0.127. The first-order chi connectivity index (χ1) is 12.6. The van der Waals surface area contributed by atoms with Gasteiger partial charge in [-0.2, -0.15) is 0 Å². The summed E-state index contributed by atoms with van der Waals surface area (Å²) in [7, 11) is 0. The number of imide groups is 1. The average molecular weight is 380 g/mol. The van der Waals surface area contributed by atoms with Crippen LogP contribution in [-0.4, -0.2) is 59.6 Å². The molecule has 2 saturated heterocycles. The van der Waals surface area contributed by atoms with E-state index in [9.17, 15) is 19.2 Å². The summed E-state index contributed by atoms with van der Waals surface area (Å²) in [5, 5.41) is 7.93. The van der Waals surface area contributed by atoms with Gasteiger partial charge < -0.3 is 20.3 Å². The SMILES string of the molecule is CC(C)(C)OC(=O)N1CC(CC(=O)NCC2CCCC23NC(=O)NC3=O)C1. The lowest BCUT2D eigenvalue weighted by atomic mass is 9.87. The normalized spacial score (nSPS) is 28.0. The average Bonchev–Trinajstić information content (AvgIpc) is 3.02. The molecule has 9 heteroatoms. The molecule has 2 aliphatic heterocycles. The van der Waals surface area contributed by atoms with Crippen LogP contribution in [0.1, 0.15) is 46.5 Å². The lowest BCUT2D eigenvalue weighted by Crippen LogP contribution is -2.54. The Morgan fingerprint density at radius 2 is 2.00 bits per heavy atom. The van der Waals surface area contributed by atoms with E-state index < -0.39 is 17.2 Å². The van der Waals surface area contributed by atoms with Gasteiger partial charge in [-0.05, 0) is 33.6 Å². The van der Waals surface area contributed by atoms with E-state index in [0.717, 1.165) is 12.8 Å².